The van der Waals surface area contributed by atoms with E-state index in [-0.39, 0.29) is 30.5 Å². The zero-order chi connectivity index (χ0) is 21.3. The minimum absolute atomic E-state index is 0.122. The van der Waals surface area contributed by atoms with Crippen molar-refractivity contribution >= 4 is 21.9 Å². The molecular weight excluding hydrogens is 394 g/mol. The number of nitrogens with zero attached hydrogens (tertiary/aromatic N) is 2. The van der Waals surface area contributed by atoms with Crippen molar-refractivity contribution in [3.05, 3.63) is 29.8 Å². The van der Waals surface area contributed by atoms with E-state index in [0.29, 0.717) is 24.9 Å². The van der Waals surface area contributed by atoms with Gasteiger partial charge < -0.3 is 10.1 Å². The highest BCUT2D eigenvalue weighted by Crippen LogP contribution is 2.24. The van der Waals surface area contributed by atoms with Gasteiger partial charge in [0.05, 0.1) is 22.4 Å². The van der Waals surface area contributed by atoms with Crippen molar-refractivity contribution in [3.8, 4) is 6.07 Å². The highest BCUT2D eigenvalue weighted by Gasteiger charge is 2.33. The molecule has 8 nitrogen and oxygen atoms in total. The first kappa shape index (κ1) is 22.8. The number of benzene rings is 1. The molecular formula is C20H27N3O5S. The van der Waals surface area contributed by atoms with Gasteiger partial charge in [-0.05, 0) is 43.5 Å². The summed E-state index contributed by atoms with van der Waals surface area (Å²) >= 11 is 0. The molecule has 0 bridgehead atoms. The number of ether oxygens (including phenoxy) is 1. The molecule has 1 fully saturated rings. The van der Waals surface area contributed by atoms with E-state index >= 15 is 0 Å². The normalized spacial score (nSPS) is 15.4. The van der Waals surface area contributed by atoms with Crippen molar-refractivity contribution in [3.63, 3.8) is 0 Å². The van der Waals surface area contributed by atoms with E-state index in [1.165, 1.54) is 28.6 Å². The summed E-state index contributed by atoms with van der Waals surface area (Å²) in [5, 5.41) is 11.5. The molecule has 0 radical (unpaired) electrons. The van der Waals surface area contributed by atoms with Gasteiger partial charge in [-0.2, -0.15) is 9.57 Å². The highest BCUT2D eigenvalue weighted by molar-refractivity contribution is 7.89. The zero-order valence-electron chi connectivity index (χ0n) is 16.6. The number of carbonyl (C=O) groups is 2. The SMILES string of the molecule is CCCCCNC(=O)COC(=O)C1CCN(S(=O)(=O)c2ccc(C#N)cc2)CC1. The third-order valence-corrected chi connectivity index (χ3v) is 6.77. The summed E-state index contributed by atoms with van der Waals surface area (Å²) in [7, 11) is -3.67. The summed E-state index contributed by atoms with van der Waals surface area (Å²) in [4.78, 5) is 24.0. The lowest BCUT2D eigenvalue weighted by molar-refractivity contribution is -0.153. The molecule has 0 spiro atoms. The fraction of sp³-hybridized carbons (Fsp3) is 0.550. The minimum atomic E-state index is -3.67. The average Bonchev–Trinajstić information content (AvgIpc) is 2.75. The molecule has 1 heterocycles. The van der Waals surface area contributed by atoms with Crippen LogP contribution in [-0.4, -0.2) is 50.8 Å². The number of rotatable bonds is 9. The second-order valence-electron chi connectivity index (χ2n) is 6.98. The number of esters is 1. The average molecular weight is 422 g/mol. The second kappa shape index (κ2) is 10.9. The van der Waals surface area contributed by atoms with Gasteiger partial charge in [0.1, 0.15) is 0 Å². The molecule has 29 heavy (non-hydrogen) atoms. The summed E-state index contributed by atoms with van der Waals surface area (Å²) in [6.07, 6.45) is 3.66. The third kappa shape index (κ3) is 6.54. The van der Waals surface area contributed by atoms with Crippen LogP contribution in [0.2, 0.25) is 0 Å². The summed E-state index contributed by atoms with van der Waals surface area (Å²) in [5.74, 6) is -1.21. The number of piperidine rings is 1. The molecule has 1 amide bonds. The van der Waals surface area contributed by atoms with Gasteiger partial charge in [0.2, 0.25) is 10.0 Å². The van der Waals surface area contributed by atoms with Crippen molar-refractivity contribution in [2.75, 3.05) is 26.2 Å². The van der Waals surface area contributed by atoms with E-state index in [1.807, 2.05) is 6.07 Å². The topological polar surface area (TPSA) is 117 Å². The Morgan fingerprint density at radius 2 is 1.86 bits per heavy atom. The molecule has 1 aromatic carbocycles. The Morgan fingerprint density at radius 3 is 2.45 bits per heavy atom. The standard InChI is InChI=1S/C20H27N3O5S/c1-2-3-4-11-22-19(24)15-28-20(25)17-9-12-23(13-10-17)29(26,27)18-7-5-16(14-21)6-8-18/h5-8,17H,2-4,9-13,15H2,1H3,(H,22,24). The Bertz CT molecular complexity index is 838. The number of hydrogen-bond acceptors (Lipinski definition) is 6. The van der Waals surface area contributed by atoms with Gasteiger partial charge in [-0.1, -0.05) is 19.8 Å². The van der Waals surface area contributed by atoms with Crippen LogP contribution in [0.1, 0.15) is 44.6 Å². The van der Waals surface area contributed by atoms with Crippen molar-refractivity contribution < 1.29 is 22.7 Å². The van der Waals surface area contributed by atoms with Crippen LogP contribution in [0.5, 0.6) is 0 Å². The summed E-state index contributed by atoms with van der Waals surface area (Å²) in [6.45, 7) is 2.73. The number of amides is 1. The lowest BCUT2D eigenvalue weighted by atomic mass is 9.98. The van der Waals surface area contributed by atoms with Crippen LogP contribution in [0.4, 0.5) is 0 Å². The molecule has 0 unspecified atom stereocenters. The quantitative estimate of drug-likeness (QED) is 0.480. The maximum Gasteiger partial charge on any atom is 0.309 e. The molecule has 2 rings (SSSR count). The first-order valence-corrected chi connectivity index (χ1v) is 11.3. The van der Waals surface area contributed by atoms with E-state index in [4.69, 9.17) is 10.00 Å². The Kier molecular flexibility index (Phi) is 8.61. The lowest BCUT2D eigenvalue weighted by Gasteiger charge is -2.30. The molecule has 158 valence electrons. The van der Waals surface area contributed by atoms with Crippen LogP contribution >= 0.6 is 0 Å². The fourth-order valence-corrected chi connectivity index (χ4v) is 4.56. The van der Waals surface area contributed by atoms with Crippen LogP contribution in [0.25, 0.3) is 0 Å². The number of nitriles is 1. The van der Waals surface area contributed by atoms with Crippen LogP contribution in [-0.2, 0) is 24.3 Å². The molecule has 1 aliphatic heterocycles. The van der Waals surface area contributed by atoms with Crippen LogP contribution in [0.3, 0.4) is 0 Å². The van der Waals surface area contributed by atoms with Gasteiger partial charge >= 0.3 is 5.97 Å². The first-order valence-electron chi connectivity index (χ1n) is 9.82. The van der Waals surface area contributed by atoms with Crippen LogP contribution in [0, 0.1) is 17.2 Å². The van der Waals surface area contributed by atoms with E-state index in [2.05, 4.69) is 12.2 Å². The first-order chi connectivity index (χ1) is 13.9. The van der Waals surface area contributed by atoms with Gasteiger partial charge in [-0.25, -0.2) is 8.42 Å². The maximum atomic E-state index is 12.7. The molecule has 1 saturated heterocycles. The highest BCUT2D eigenvalue weighted by atomic mass is 32.2. The number of hydrogen-bond donors (Lipinski definition) is 1. The van der Waals surface area contributed by atoms with Gasteiger partial charge in [0.25, 0.3) is 5.91 Å². The molecule has 1 aliphatic rings. The number of nitrogens with one attached hydrogen (secondary N) is 1. The number of carbonyl (C=O) groups excluding carboxylic acids is 2. The second-order valence-corrected chi connectivity index (χ2v) is 8.92. The number of unbranched alkanes of at least 4 members (excludes halogenated alkanes) is 2. The molecule has 0 saturated carbocycles. The van der Waals surface area contributed by atoms with E-state index < -0.39 is 21.9 Å². The van der Waals surface area contributed by atoms with Crippen LogP contribution in [0.15, 0.2) is 29.2 Å². The predicted octanol–water partition coefficient (Wildman–Crippen LogP) is 1.81. The Labute approximate surface area is 171 Å². The molecule has 0 atom stereocenters. The van der Waals surface area contributed by atoms with Crippen molar-refractivity contribution in [2.45, 2.75) is 43.9 Å². The zero-order valence-corrected chi connectivity index (χ0v) is 17.4. The van der Waals surface area contributed by atoms with Gasteiger partial charge in [0.15, 0.2) is 6.61 Å². The van der Waals surface area contributed by atoms with Gasteiger partial charge in [0, 0.05) is 19.6 Å². The third-order valence-electron chi connectivity index (χ3n) is 4.86. The van der Waals surface area contributed by atoms with Crippen LogP contribution < -0.4 is 5.32 Å². The van der Waals surface area contributed by atoms with E-state index in [1.54, 1.807) is 0 Å². The van der Waals surface area contributed by atoms with Crippen molar-refractivity contribution in [2.24, 2.45) is 5.92 Å². The molecule has 9 heteroatoms. The summed E-state index contributed by atoms with van der Waals surface area (Å²) in [6, 6.07) is 7.70. The Morgan fingerprint density at radius 1 is 1.21 bits per heavy atom. The molecule has 0 aromatic heterocycles. The van der Waals surface area contributed by atoms with E-state index in [9.17, 15) is 18.0 Å². The van der Waals surface area contributed by atoms with Gasteiger partial charge in [-0.15, -0.1) is 0 Å². The summed E-state index contributed by atoms with van der Waals surface area (Å²) in [5.41, 5.74) is 0.389. The summed E-state index contributed by atoms with van der Waals surface area (Å²) < 4.78 is 31.8. The monoisotopic (exact) mass is 421 g/mol. The molecule has 0 aliphatic carbocycles. The number of sulfonamides is 1. The lowest BCUT2D eigenvalue weighted by Crippen LogP contribution is -2.41. The maximum absolute atomic E-state index is 12.7. The molecule has 1 N–H and O–H groups in total. The minimum Gasteiger partial charge on any atom is -0.455 e. The fourth-order valence-electron chi connectivity index (χ4n) is 3.09. The largest absolute Gasteiger partial charge is 0.455 e. The van der Waals surface area contributed by atoms with Crippen molar-refractivity contribution in [1.82, 2.24) is 9.62 Å². The molecule has 1 aromatic rings. The smallest absolute Gasteiger partial charge is 0.309 e. The van der Waals surface area contributed by atoms with Crippen molar-refractivity contribution in [1.29, 1.82) is 5.26 Å². The van der Waals surface area contributed by atoms with E-state index in [0.717, 1.165) is 19.3 Å². The Balaban J connectivity index is 1.79. The predicted molar refractivity (Wildman–Crippen MR) is 106 cm³/mol. The Hall–Kier alpha value is -2.44. The van der Waals surface area contributed by atoms with Gasteiger partial charge in [-0.3, -0.25) is 9.59 Å².